The zero-order valence-corrected chi connectivity index (χ0v) is 10.9. The molecule has 0 unspecified atom stereocenters. The molecule has 2 rings (SSSR count). The Morgan fingerprint density at radius 1 is 1.26 bits per heavy atom. The second-order valence-electron chi connectivity index (χ2n) is 5.42. The minimum Gasteiger partial charge on any atom is -0.481 e. The Morgan fingerprint density at radius 3 is 2.42 bits per heavy atom. The molecule has 1 aliphatic carbocycles. The third-order valence-corrected chi connectivity index (χ3v) is 3.82. The van der Waals surface area contributed by atoms with Gasteiger partial charge in [0, 0.05) is 11.3 Å². The predicted octanol–water partition coefficient (Wildman–Crippen LogP) is 1.47. The first kappa shape index (κ1) is 13.5. The van der Waals surface area contributed by atoms with Gasteiger partial charge in [0.25, 0.3) is 0 Å². The number of aliphatic carboxylic acids is 1. The van der Waals surface area contributed by atoms with Crippen molar-refractivity contribution >= 4 is 17.6 Å². The third-order valence-electron chi connectivity index (χ3n) is 3.82. The minimum atomic E-state index is -0.944. The molecule has 102 valence electrons. The van der Waals surface area contributed by atoms with Crippen molar-refractivity contribution in [3.05, 3.63) is 29.8 Å². The summed E-state index contributed by atoms with van der Waals surface area (Å²) in [4.78, 5) is 23.2. The van der Waals surface area contributed by atoms with Gasteiger partial charge in [-0.3, -0.25) is 9.59 Å². The van der Waals surface area contributed by atoms with Gasteiger partial charge in [-0.2, -0.15) is 0 Å². The summed E-state index contributed by atoms with van der Waals surface area (Å²) in [6.07, 6.45) is 0. The fourth-order valence-corrected chi connectivity index (χ4v) is 2.58. The van der Waals surface area contributed by atoms with Crippen LogP contribution < -0.4 is 5.32 Å². The van der Waals surface area contributed by atoms with Crippen molar-refractivity contribution in [2.75, 3.05) is 5.32 Å². The first-order valence-electron chi connectivity index (χ1n) is 6.12. The van der Waals surface area contributed by atoms with E-state index in [1.807, 2.05) is 0 Å². The standard InChI is InChI=1S/C14H17NO4/c1-14(2)10(11(14)13(18)19)12(17)15-9-6-4-3-5-8(9)7-16/h3-6,10-11,16H,7H2,1-2H3,(H,15,17)(H,18,19)/t10-,11+/m1/s1. The van der Waals surface area contributed by atoms with E-state index in [-0.39, 0.29) is 12.5 Å². The predicted molar refractivity (Wildman–Crippen MR) is 69.4 cm³/mol. The average molecular weight is 263 g/mol. The van der Waals surface area contributed by atoms with E-state index >= 15 is 0 Å². The van der Waals surface area contributed by atoms with Crippen molar-refractivity contribution < 1.29 is 19.8 Å². The van der Waals surface area contributed by atoms with Crippen LogP contribution >= 0.6 is 0 Å². The first-order valence-corrected chi connectivity index (χ1v) is 6.12. The van der Waals surface area contributed by atoms with Crippen LogP contribution in [0.3, 0.4) is 0 Å². The van der Waals surface area contributed by atoms with Crippen LogP contribution in [0.1, 0.15) is 19.4 Å². The monoisotopic (exact) mass is 263 g/mol. The van der Waals surface area contributed by atoms with Gasteiger partial charge in [0.1, 0.15) is 0 Å². The number of carboxylic acids is 1. The molecule has 5 nitrogen and oxygen atoms in total. The Kier molecular flexibility index (Phi) is 3.32. The smallest absolute Gasteiger partial charge is 0.307 e. The van der Waals surface area contributed by atoms with Gasteiger partial charge in [0.15, 0.2) is 0 Å². The van der Waals surface area contributed by atoms with Gasteiger partial charge < -0.3 is 15.5 Å². The molecule has 0 saturated heterocycles. The molecular formula is C14H17NO4. The molecular weight excluding hydrogens is 246 g/mol. The van der Waals surface area contributed by atoms with Crippen molar-refractivity contribution in [1.29, 1.82) is 0 Å². The number of carbonyl (C=O) groups excluding carboxylic acids is 1. The highest BCUT2D eigenvalue weighted by atomic mass is 16.4. The van der Waals surface area contributed by atoms with E-state index < -0.39 is 23.2 Å². The van der Waals surface area contributed by atoms with Gasteiger partial charge in [-0.15, -0.1) is 0 Å². The Hall–Kier alpha value is -1.88. The van der Waals surface area contributed by atoms with Gasteiger partial charge in [0.2, 0.25) is 5.91 Å². The normalized spacial score (nSPS) is 23.7. The summed E-state index contributed by atoms with van der Waals surface area (Å²) in [5, 5.41) is 20.9. The van der Waals surface area contributed by atoms with E-state index in [4.69, 9.17) is 5.11 Å². The Bertz CT molecular complexity index is 524. The lowest BCUT2D eigenvalue weighted by Crippen LogP contribution is -2.18. The molecule has 0 spiro atoms. The number of carboxylic acid groups (broad SMARTS) is 1. The lowest BCUT2D eigenvalue weighted by atomic mass is 10.1. The van der Waals surface area contributed by atoms with Crippen LogP contribution in [0.15, 0.2) is 24.3 Å². The second kappa shape index (κ2) is 4.66. The molecule has 0 radical (unpaired) electrons. The summed E-state index contributed by atoms with van der Waals surface area (Å²) >= 11 is 0. The number of para-hydroxylation sites is 1. The quantitative estimate of drug-likeness (QED) is 0.767. The molecule has 1 aromatic rings. The molecule has 0 aromatic heterocycles. The third kappa shape index (κ3) is 2.33. The molecule has 1 amide bonds. The molecule has 0 bridgehead atoms. The van der Waals surface area contributed by atoms with Crippen molar-refractivity contribution in [2.24, 2.45) is 17.3 Å². The molecule has 1 saturated carbocycles. The van der Waals surface area contributed by atoms with Gasteiger partial charge in [-0.05, 0) is 11.5 Å². The first-order chi connectivity index (χ1) is 8.89. The molecule has 0 heterocycles. The lowest BCUT2D eigenvalue weighted by molar-refractivity contribution is -0.140. The maximum absolute atomic E-state index is 12.1. The van der Waals surface area contributed by atoms with Crippen molar-refractivity contribution in [3.63, 3.8) is 0 Å². The summed E-state index contributed by atoms with van der Waals surface area (Å²) in [5.41, 5.74) is 0.618. The van der Waals surface area contributed by atoms with Crippen molar-refractivity contribution in [1.82, 2.24) is 0 Å². The molecule has 5 heteroatoms. The van der Waals surface area contributed by atoms with Gasteiger partial charge in [0.05, 0.1) is 18.4 Å². The molecule has 1 fully saturated rings. The number of hydrogen-bond acceptors (Lipinski definition) is 3. The Labute approximate surface area is 111 Å². The zero-order valence-electron chi connectivity index (χ0n) is 10.9. The average Bonchev–Trinajstić information content (AvgIpc) is 2.93. The number of nitrogens with one attached hydrogen (secondary N) is 1. The van der Waals surface area contributed by atoms with Crippen LogP contribution in [-0.2, 0) is 16.2 Å². The lowest BCUT2D eigenvalue weighted by Gasteiger charge is -2.09. The number of anilines is 1. The van der Waals surface area contributed by atoms with Crippen LogP contribution in [0.4, 0.5) is 5.69 Å². The van der Waals surface area contributed by atoms with Crippen molar-refractivity contribution in [2.45, 2.75) is 20.5 Å². The topological polar surface area (TPSA) is 86.6 Å². The molecule has 19 heavy (non-hydrogen) atoms. The van der Waals surface area contributed by atoms with E-state index in [9.17, 15) is 14.7 Å². The minimum absolute atomic E-state index is 0.174. The number of benzene rings is 1. The maximum atomic E-state index is 12.1. The fourth-order valence-electron chi connectivity index (χ4n) is 2.58. The van der Waals surface area contributed by atoms with Crippen molar-refractivity contribution in [3.8, 4) is 0 Å². The summed E-state index contributed by atoms with van der Waals surface area (Å²) in [6, 6.07) is 6.92. The second-order valence-corrected chi connectivity index (χ2v) is 5.42. The molecule has 1 aromatic carbocycles. The van der Waals surface area contributed by atoms with Crippen LogP contribution in [0.2, 0.25) is 0 Å². The zero-order chi connectivity index (χ0) is 14.2. The highest BCUT2D eigenvalue weighted by Gasteiger charge is 2.65. The van der Waals surface area contributed by atoms with Crippen LogP contribution in [0.5, 0.6) is 0 Å². The fraction of sp³-hybridized carbons (Fsp3) is 0.429. The van der Waals surface area contributed by atoms with Gasteiger partial charge in [-0.25, -0.2) is 0 Å². The van der Waals surface area contributed by atoms with Crippen LogP contribution in [0.25, 0.3) is 0 Å². The SMILES string of the molecule is CC1(C)[C@H](C(=O)O)[C@@H]1C(=O)Nc1ccccc1CO. The molecule has 2 atom stereocenters. The highest BCUT2D eigenvalue weighted by Crippen LogP contribution is 2.58. The van der Waals surface area contributed by atoms with Gasteiger partial charge in [-0.1, -0.05) is 32.0 Å². The van der Waals surface area contributed by atoms with Crippen LogP contribution in [-0.4, -0.2) is 22.1 Å². The number of rotatable bonds is 4. The van der Waals surface area contributed by atoms with E-state index in [0.717, 1.165) is 0 Å². The molecule has 0 aliphatic heterocycles. The summed E-state index contributed by atoms with van der Waals surface area (Å²) in [6.45, 7) is 3.37. The van der Waals surface area contributed by atoms with E-state index in [1.54, 1.807) is 38.1 Å². The Morgan fingerprint density at radius 2 is 1.89 bits per heavy atom. The highest BCUT2D eigenvalue weighted by molar-refractivity contribution is 6.00. The largest absolute Gasteiger partial charge is 0.481 e. The van der Waals surface area contributed by atoms with Gasteiger partial charge >= 0.3 is 5.97 Å². The van der Waals surface area contributed by atoms with E-state index in [0.29, 0.717) is 11.3 Å². The number of hydrogen-bond donors (Lipinski definition) is 3. The van der Waals surface area contributed by atoms with E-state index in [1.165, 1.54) is 0 Å². The number of carbonyl (C=O) groups is 2. The number of aliphatic hydroxyl groups excluding tert-OH is 1. The Balaban J connectivity index is 2.13. The summed E-state index contributed by atoms with van der Waals surface area (Å²) < 4.78 is 0. The number of aliphatic hydroxyl groups is 1. The summed E-state index contributed by atoms with van der Waals surface area (Å²) in [5.74, 6) is -2.43. The van der Waals surface area contributed by atoms with Crippen LogP contribution in [0, 0.1) is 17.3 Å². The molecule has 1 aliphatic rings. The number of amides is 1. The van der Waals surface area contributed by atoms with E-state index in [2.05, 4.69) is 5.32 Å². The molecule has 3 N–H and O–H groups in total. The summed E-state index contributed by atoms with van der Waals surface area (Å²) in [7, 11) is 0. The maximum Gasteiger partial charge on any atom is 0.307 e.